The summed E-state index contributed by atoms with van der Waals surface area (Å²) >= 11 is 0. The normalized spacial score (nSPS) is 38.8. The van der Waals surface area contributed by atoms with E-state index >= 15 is 0 Å². The van der Waals surface area contributed by atoms with Gasteiger partial charge in [-0.15, -0.1) is 0 Å². The molecule has 3 aliphatic rings. The molecule has 0 amide bonds. The number of piperazine rings is 1. The van der Waals surface area contributed by atoms with Gasteiger partial charge in [-0.05, 0) is 39.0 Å². The van der Waals surface area contributed by atoms with Gasteiger partial charge in [0.2, 0.25) is 0 Å². The molecule has 3 rings (SSSR count). The highest BCUT2D eigenvalue weighted by Crippen LogP contribution is 2.36. The van der Waals surface area contributed by atoms with E-state index in [1.165, 1.54) is 38.9 Å². The van der Waals surface area contributed by atoms with E-state index in [1.807, 2.05) is 0 Å². The third kappa shape index (κ3) is 1.49. The summed E-state index contributed by atoms with van der Waals surface area (Å²) in [6, 6.07) is 2.55. The minimum Gasteiger partial charge on any atom is -0.297 e. The summed E-state index contributed by atoms with van der Waals surface area (Å²) in [6.45, 7) is 8.79. The van der Waals surface area contributed by atoms with Crippen LogP contribution in [-0.2, 0) is 0 Å². The van der Waals surface area contributed by atoms with Crippen molar-refractivity contribution < 1.29 is 0 Å². The van der Waals surface area contributed by atoms with Crippen molar-refractivity contribution in [2.45, 2.75) is 51.2 Å². The second-order valence-electron chi connectivity index (χ2n) is 5.73. The molecule has 2 saturated heterocycles. The van der Waals surface area contributed by atoms with Gasteiger partial charge in [-0.25, -0.2) is 0 Å². The van der Waals surface area contributed by atoms with Crippen LogP contribution < -0.4 is 0 Å². The first-order valence-corrected chi connectivity index (χ1v) is 6.24. The van der Waals surface area contributed by atoms with Crippen molar-refractivity contribution in [2.75, 3.05) is 19.6 Å². The number of likely N-dealkylation sites (tertiary alicyclic amines) is 2. The summed E-state index contributed by atoms with van der Waals surface area (Å²) in [5.41, 5.74) is 0. The average molecular weight is 194 g/mol. The fourth-order valence-electron chi connectivity index (χ4n) is 3.27. The van der Waals surface area contributed by atoms with Gasteiger partial charge in [-0.1, -0.05) is 0 Å². The van der Waals surface area contributed by atoms with Crippen LogP contribution in [0.3, 0.4) is 0 Å². The summed E-state index contributed by atoms with van der Waals surface area (Å²) in [4.78, 5) is 5.47. The van der Waals surface area contributed by atoms with Gasteiger partial charge in [0.1, 0.15) is 0 Å². The molecule has 14 heavy (non-hydrogen) atoms. The predicted octanol–water partition coefficient (Wildman–Crippen LogP) is 1.56. The molecule has 0 radical (unpaired) electrons. The molecule has 2 heterocycles. The third-order valence-electron chi connectivity index (χ3n) is 4.25. The lowest BCUT2D eigenvalue weighted by molar-refractivity contribution is 0.101. The van der Waals surface area contributed by atoms with E-state index in [-0.39, 0.29) is 0 Å². The summed E-state index contributed by atoms with van der Waals surface area (Å²) in [5, 5.41) is 0. The fourth-order valence-corrected chi connectivity index (χ4v) is 3.27. The van der Waals surface area contributed by atoms with E-state index in [1.54, 1.807) is 0 Å². The molecule has 80 valence electrons. The van der Waals surface area contributed by atoms with Crippen molar-refractivity contribution in [1.82, 2.24) is 9.80 Å². The highest BCUT2D eigenvalue weighted by molar-refractivity contribution is 5.01. The first-order valence-electron chi connectivity index (χ1n) is 6.24. The largest absolute Gasteiger partial charge is 0.297 e. The minimum atomic E-state index is 0.757. The lowest BCUT2D eigenvalue weighted by Crippen LogP contribution is -2.49. The highest BCUT2D eigenvalue weighted by Gasteiger charge is 2.44. The zero-order valence-electron chi connectivity index (χ0n) is 9.45. The first kappa shape index (κ1) is 9.17. The van der Waals surface area contributed by atoms with Gasteiger partial charge in [0.25, 0.3) is 0 Å². The van der Waals surface area contributed by atoms with E-state index in [4.69, 9.17) is 0 Å². The van der Waals surface area contributed by atoms with Crippen molar-refractivity contribution in [3.8, 4) is 0 Å². The van der Waals surface area contributed by atoms with Gasteiger partial charge < -0.3 is 0 Å². The Hall–Kier alpha value is -0.0800. The van der Waals surface area contributed by atoms with Gasteiger partial charge in [0.05, 0.1) is 0 Å². The summed E-state index contributed by atoms with van der Waals surface area (Å²) in [6.07, 6.45) is 4.45. The van der Waals surface area contributed by atoms with Gasteiger partial charge in [-0.2, -0.15) is 0 Å². The van der Waals surface area contributed by atoms with E-state index < -0.39 is 0 Å². The molecule has 2 aliphatic heterocycles. The smallest absolute Gasteiger partial charge is 0.0242 e. The number of fused-ring (bicyclic) bond motifs is 2. The molecule has 0 aromatic heterocycles. The summed E-state index contributed by atoms with van der Waals surface area (Å²) in [5.74, 6) is 1.07. The topological polar surface area (TPSA) is 6.48 Å². The van der Waals surface area contributed by atoms with Crippen molar-refractivity contribution >= 4 is 0 Å². The molecule has 1 saturated carbocycles. The Morgan fingerprint density at radius 3 is 2.43 bits per heavy atom. The molecule has 2 heteroatoms. The molecule has 0 aromatic carbocycles. The lowest BCUT2D eigenvalue weighted by Gasteiger charge is -2.36. The fraction of sp³-hybridized carbons (Fsp3) is 1.00. The molecule has 0 spiro atoms. The van der Waals surface area contributed by atoms with E-state index in [9.17, 15) is 0 Å². The van der Waals surface area contributed by atoms with Crippen molar-refractivity contribution in [1.29, 1.82) is 0 Å². The van der Waals surface area contributed by atoms with Crippen LogP contribution in [-0.4, -0.2) is 47.6 Å². The van der Waals surface area contributed by atoms with E-state index in [2.05, 4.69) is 23.6 Å². The van der Waals surface area contributed by atoms with Gasteiger partial charge >= 0.3 is 0 Å². The van der Waals surface area contributed by atoms with Crippen molar-refractivity contribution in [2.24, 2.45) is 5.92 Å². The molecular weight excluding hydrogens is 172 g/mol. The Morgan fingerprint density at radius 1 is 1.14 bits per heavy atom. The Labute approximate surface area is 87.3 Å². The number of hydrogen-bond donors (Lipinski definition) is 0. The minimum absolute atomic E-state index is 0.757. The Balaban J connectivity index is 1.59. The van der Waals surface area contributed by atoms with Gasteiger partial charge in [0.15, 0.2) is 0 Å². The first-order chi connectivity index (χ1) is 6.74. The number of nitrogens with zero attached hydrogens (tertiary/aromatic N) is 2. The Bertz CT molecular complexity index is 222. The second-order valence-corrected chi connectivity index (χ2v) is 5.73. The molecule has 1 aliphatic carbocycles. The van der Waals surface area contributed by atoms with Crippen molar-refractivity contribution in [3.63, 3.8) is 0 Å². The zero-order valence-corrected chi connectivity index (χ0v) is 9.45. The standard InChI is InChI=1S/C12H22N2/c1-9(2)14-8-11-5-12(14)7-13(11)6-10-3-4-10/h9-12H,3-8H2,1-2H3. The molecule has 2 unspecified atom stereocenters. The quantitative estimate of drug-likeness (QED) is 0.673. The predicted molar refractivity (Wildman–Crippen MR) is 58.3 cm³/mol. The van der Waals surface area contributed by atoms with Crippen LogP contribution >= 0.6 is 0 Å². The monoisotopic (exact) mass is 194 g/mol. The summed E-state index contributed by atoms with van der Waals surface area (Å²) in [7, 11) is 0. The second kappa shape index (κ2) is 3.21. The molecule has 2 bridgehead atoms. The molecule has 0 aromatic rings. The van der Waals surface area contributed by atoms with Gasteiger partial charge in [-0.3, -0.25) is 9.80 Å². The van der Waals surface area contributed by atoms with Crippen LogP contribution in [0.25, 0.3) is 0 Å². The number of rotatable bonds is 3. The van der Waals surface area contributed by atoms with E-state index in [0.717, 1.165) is 24.0 Å². The lowest BCUT2D eigenvalue weighted by atomic mass is 10.2. The summed E-state index contributed by atoms with van der Waals surface area (Å²) < 4.78 is 0. The molecule has 2 atom stereocenters. The van der Waals surface area contributed by atoms with Crippen LogP contribution in [0.2, 0.25) is 0 Å². The molecular formula is C12H22N2. The van der Waals surface area contributed by atoms with Crippen LogP contribution in [0.15, 0.2) is 0 Å². The van der Waals surface area contributed by atoms with Crippen LogP contribution in [0.4, 0.5) is 0 Å². The maximum atomic E-state index is 2.77. The van der Waals surface area contributed by atoms with Gasteiger partial charge in [0, 0.05) is 37.8 Å². The number of hydrogen-bond acceptors (Lipinski definition) is 2. The van der Waals surface area contributed by atoms with Crippen LogP contribution in [0.1, 0.15) is 33.1 Å². The highest BCUT2D eigenvalue weighted by atomic mass is 15.4. The maximum absolute atomic E-state index is 2.77. The van der Waals surface area contributed by atoms with E-state index in [0.29, 0.717) is 0 Å². The van der Waals surface area contributed by atoms with Crippen LogP contribution in [0, 0.1) is 5.92 Å². The zero-order chi connectivity index (χ0) is 9.71. The SMILES string of the molecule is CC(C)N1CC2CC1CN2CC1CC1. The Morgan fingerprint density at radius 2 is 1.93 bits per heavy atom. The molecule has 0 N–H and O–H groups in total. The van der Waals surface area contributed by atoms with Crippen molar-refractivity contribution in [3.05, 3.63) is 0 Å². The average Bonchev–Trinajstić information content (AvgIpc) is 2.75. The molecule has 3 fully saturated rings. The Kier molecular flexibility index (Phi) is 2.10. The maximum Gasteiger partial charge on any atom is 0.0242 e. The molecule has 2 nitrogen and oxygen atoms in total. The third-order valence-corrected chi connectivity index (χ3v) is 4.25. The van der Waals surface area contributed by atoms with Crippen LogP contribution in [0.5, 0.6) is 0 Å².